The highest BCUT2D eigenvalue weighted by Gasteiger charge is 2.54. The van der Waals surface area contributed by atoms with Gasteiger partial charge in [-0.05, 0) is 42.8 Å². The van der Waals surface area contributed by atoms with Crippen LogP contribution in [0.4, 0.5) is 4.79 Å². The van der Waals surface area contributed by atoms with Crippen molar-refractivity contribution in [1.29, 1.82) is 0 Å². The quantitative estimate of drug-likeness (QED) is 0.745. The zero-order valence-corrected chi connectivity index (χ0v) is 16.9. The number of hydrogen-bond acceptors (Lipinski definition) is 6. The van der Waals surface area contributed by atoms with Crippen molar-refractivity contribution in [2.45, 2.75) is 29.7 Å². The van der Waals surface area contributed by atoms with Gasteiger partial charge in [-0.25, -0.2) is 17.5 Å². The number of imide groups is 1. The Kier molecular flexibility index (Phi) is 3.88. The molecule has 1 aliphatic carbocycles. The van der Waals surface area contributed by atoms with Crippen LogP contribution in [0.15, 0.2) is 40.6 Å². The summed E-state index contributed by atoms with van der Waals surface area (Å²) in [6, 6.07) is 7.29. The number of hydrogen-bond donors (Lipinski definition) is 1. The van der Waals surface area contributed by atoms with E-state index in [0.29, 0.717) is 6.42 Å². The zero-order valence-electron chi connectivity index (χ0n) is 15.3. The average Bonchev–Trinajstić information content (AvgIpc) is 3.32. The molecule has 1 aromatic heterocycles. The molecule has 1 aromatic carbocycles. The number of carbonyl (C=O) groups is 3. The van der Waals surface area contributed by atoms with Crippen molar-refractivity contribution < 1.29 is 22.8 Å². The van der Waals surface area contributed by atoms with Crippen LogP contribution in [-0.2, 0) is 26.8 Å². The third-order valence-corrected chi connectivity index (χ3v) is 8.60. The van der Waals surface area contributed by atoms with E-state index in [1.54, 1.807) is 23.5 Å². The Hall–Kier alpha value is -2.72. The Morgan fingerprint density at radius 3 is 2.69 bits per heavy atom. The van der Waals surface area contributed by atoms with Crippen molar-refractivity contribution in [3.8, 4) is 0 Å². The lowest BCUT2D eigenvalue weighted by Gasteiger charge is -2.31. The van der Waals surface area contributed by atoms with Gasteiger partial charge in [0.1, 0.15) is 10.4 Å². The number of rotatable bonds is 3. The van der Waals surface area contributed by atoms with Crippen LogP contribution in [0.2, 0.25) is 0 Å². The summed E-state index contributed by atoms with van der Waals surface area (Å²) in [6.45, 7) is -0.466. The molecule has 1 N–H and O–H groups in total. The molecule has 0 radical (unpaired) electrons. The molecule has 3 heterocycles. The van der Waals surface area contributed by atoms with Gasteiger partial charge in [0.15, 0.2) is 0 Å². The van der Waals surface area contributed by atoms with Gasteiger partial charge in [0.2, 0.25) is 0 Å². The van der Waals surface area contributed by atoms with Crippen molar-refractivity contribution in [2.75, 3.05) is 13.1 Å². The predicted octanol–water partition coefficient (Wildman–Crippen LogP) is 1.68. The van der Waals surface area contributed by atoms with Crippen molar-refractivity contribution >= 4 is 39.2 Å². The average molecular weight is 431 g/mol. The molecule has 4 amide bonds. The van der Waals surface area contributed by atoms with Crippen molar-refractivity contribution in [2.24, 2.45) is 0 Å². The molecule has 2 aliphatic heterocycles. The maximum Gasteiger partial charge on any atom is 0.325 e. The van der Waals surface area contributed by atoms with Crippen LogP contribution in [0.3, 0.4) is 0 Å². The summed E-state index contributed by atoms with van der Waals surface area (Å²) in [4.78, 5) is 40.4. The van der Waals surface area contributed by atoms with E-state index < -0.39 is 27.5 Å². The molecule has 8 nitrogen and oxygen atoms in total. The third kappa shape index (κ3) is 2.42. The van der Waals surface area contributed by atoms with Gasteiger partial charge in [-0.2, -0.15) is 0 Å². The highest BCUT2D eigenvalue weighted by Crippen LogP contribution is 2.42. The molecule has 0 saturated carbocycles. The van der Waals surface area contributed by atoms with E-state index in [9.17, 15) is 22.8 Å². The fraction of sp³-hybridized carbons (Fsp3) is 0.316. The number of sulfonamides is 1. The molecule has 1 unspecified atom stereocenters. The predicted molar refractivity (Wildman–Crippen MR) is 104 cm³/mol. The Morgan fingerprint density at radius 2 is 1.90 bits per heavy atom. The largest absolute Gasteiger partial charge is 0.325 e. The Balaban J connectivity index is 1.40. The minimum Gasteiger partial charge on any atom is -0.319 e. The Bertz CT molecular complexity index is 1170. The first-order chi connectivity index (χ1) is 13.9. The number of amides is 4. The molecule has 1 saturated heterocycles. The monoisotopic (exact) mass is 431 g/mol. The third-order valence-electron chi connectivity index (χ3n) is 5.78. The topological polar surface area (TPSA) is 104 Å². The van der Waals surface area contributed by atoms with Crippen molar-refractivity contribution in [1.82, 2.24) is 14.5 Å². The highest BCUT2D eigenvalue weighted by atomic mass is 32.2. The minimum absolute atomic E-state index is 0.0473. The van der Waals surface area contributed by atoms with Gasteiger partial charge in [0.25, 0.3) is 21.8 Å². The SMILES string of the molecule is O=C1NC2(CCCc3sccc32)C(=O)N1CCN1C(=O)c2ccccc2S1(=O)=O. The van der Waals surface area contributed by atoms with E-state index >= 15 is 0 Å². The zero-order chi connectivity index (χ0) is 20.4. The molecule has 1 fully saturated rings. The summed E-state index contributed by atoms with van der Waals surface area (Å²) in [5.41, 5.74) is -0.148. The second-order valence-electron chi connectivity index (χ2n) is 7.28. The fourth-order valence-corrected chi connectivity index (χ4v) is 6.95. The summed E-state index contributed by atoms with van der Waals surface area (Å²) >= 11 is 1.56. The van der Waals surface area contributed by atoms with Gasteiger partial charge in [-0.3, -0.25) is 14.5 Å². The molecule has 150 valence electrons. The summed E-state index contributed by atoms with van der Waals surface area (Å²) in [6.07, 6.45) is 2.16. The summed E-state index contributed by atoms with van der Waals surface area (Å²) in [5.74, 6) is -1.02. The number of carbonyl (C=O) groups excluding carboxylic acids is 3. The molecular formula is C19H17N3O5S2. The van der Waals surface area contributed by atoms with Crippen LogP contribution in [-0.4, -0.2) is 48.6 Å². The normalized spacial score (nSPS) is 24.8. The molecule has 3 aliphatic rings. The van der Waals surface area contributed by atoms with E-state index in [2.05, 4.69) is 5.32 Å². The second kappa shape index (κ2) is 6.14. The van der Waals surface area contributed by atoms with Crippen molar-refractivity contribution in [3.05, 3.63) is 51.7 Å². The van der Waals surface area contributed by atoms with Crippen LogP contribution in [0.5, 0.6) is 0 Å². The lowest BCUT2D eigenvalue weighted by Crippen LogP contribution is -2.46. The highest BCUT2D eigenvalue weighted by molar-refractivity contribution is 7.90. The molecule has 5 rings (SSSR count). The fourth-order valence-electron chi connectivity index (χ4n) is 4.39. The number of benzene rings is 1. The van der Waals surface area contributed by atoms with Gasteiger partial charge in [0.05, 0.1) is 12.1 Å². The van der Waals surface area contributed by atoms with E-state index in [0.717, 1.165) is 32.5 Å². The van der Waals surface area contributed by atoms with Gasteiger partial charge >= 0.3 is 6.03 Å². The Labute approximate surface area is 171 Å². The smallest absolute Gasteiger partial charge is 0.319 e. The van der Waals surface area contributed by atoms with Crippen LogP contribution in [0.25, 0.3) is 0 Å². The number of thiophene rings is 1. The standard InChI is InChI=1S/C19H17N3O5S2/c23-16-12-4-1-2-6-15(12)29(26,27)22(16)10-9-21-17(24)19(20-18(21)25)8-3-5-14-13(19)7-11-28-14/h1-2,4,6-7,11H,3,5,8-10H2,(H,20,25). The molecule has 29 heavy (non-hydrogen) atoms. The maximum atomic E-state index is 13.2. The number of urea groups is 1. The molecule has 10 heteroatoms. The second-order valence-corrected chi connectivity index (χ2v) is 10.1. The van der Waals surface area contributed by atoms with E-state index in [-0.39, 0.29) is 29.5 Å². The minimum atomic E-state index is -3.98. The van der Waals surface area contributed by atoms with Gasteiger partial charge in [0, 0.05) is 17.0 Å². The first-order valence-electron chi connectivity index (χ1n) is 9.23. The lowest BCUT2D eigenvalue weighted by molar-refractivity contribution is -0.132. The number of aryl methyl sites for hydroxylation is 1. The first-order valence-corrected chi connectivity index (χ1v) is 11.6. The maximum absolute atomic E-state index is 13.2. The van der Waals surface area contributed by atoms with E-state index in [4.69, 9.17) is 0 Å². The summed E-state index contributed by atoms with van der Waals surface area (Å²) in [7, 11) is -3.98. The lowest BCUT2D eigenvalue weighted by atomic mass is 9.80. The first kappa shape index (κ1) is 18.3. The summed E-state index contributed by atoms with van der Waals surface area (Å²) < 4.78 is 26.1. The number of fused-ring (bicyclic) bond motifs is 3. The number of nitrogens with one attached hydrogen (secondary N) is 1. The summed E-state index contributed by atoms with van der Waals surface area (Å²) in [5, 5.41) is 4.74. The molecular weight excluding hydrogens is 414 g/mol. The Morgan fingerprint density at radius 1 is 1.10 bits per heavy atom. The number of nitrogens with zero attached hydrogens (tertiary/aromatic N) is 2. The van der Waals surface area contributed by atoms with Gasteiger partial charge < -0.3 is 5.32 Å². The molecule has 2 aromatic rings. The molecule has 1 spiro atoms. The molecule has 1 atom stereocenters. The van der Waals surface area contributed by atoms with Crippen LogP contribution < -0.4 is 5.32 Å². The van der Waals surface area contributed by atoms with Crippen LogP contribution >= 0.6 is 11.3 Å². The molecule has 0 bridgehead atoms. The van der Waals surface area contributed by atoms with Crippen molar-refractivity contribution in [3.63, 3.8) is 0 Å². The van der Waals surface area contributed by atoms with Gasteiger partial charge in [-0.15, -0.1) is 11.3 Å². The van der Waals surface area contributed by atoms with Crippen LogP contribution in [0.1, 0.15) is 33.6 Å². The van der Waals surface area contributed by atoms with E-state index in [1.165, 1.54) is 12.1 Å². The van der Waals surface area contributed by atoms with Gasteiger partial charge in [-0.1, -0.05) is 12.1 Å². The van der Waals surface area contributed by atoms with Crippen LogP contribution in [0, 0.1) is 0 Å². The van der Waals surface area contributed by atoms with E-state index in [1.807, 2.05) is 11.4 Å².